The predicted molar refractivity (Wildman–Crippen MR) is 86.0 cm³/mol. The van der Waals surface area contributed by atoms with Gasteiger partial charge in [0.05, 0.1) is 6.42 Å². The summed E-state index contributed by atoms with van der Waals surface area (Å²) < 4.78 is 5.55. The van der Waals surface area contributed by atoms with Crippen molar-refractivity contribution < 1.29 is 14.3 Å². The number of hydrazine groups is 1. The van der Waals surface area contributed by atoms with Crippen LogP contribution in [-0.4, -0.2) is 17.9 Å². The van der Waals surface area contributed by atoms with Gasteiger partial charge in [0, 0.05) is 11.4 Å². The number of carbonyl (C=O) groups excluding carboxylic acids is 2. The average Bonchev–Trinajstić information content (AvgIpc) is 2.99. The molecule has 0 fully saturated rings. The Bertz CT molecular complexity index is 706. The molecule has 2 aromatic carbocycles. The molecule has 2 amide bonds. The van der Waals surface area contributed by atoms with Gasteiger partial charge in [-0.1, -0.05) is 41.9 Å². The van der Waals surface area contributed by atoms with Gasteiger partial charge in [-0.2, -0.15) is 0 Å². The summed E-state index contributed by atoms with van der Waals surface area (Å²) in [4.78, 5) is 23.9. The minimum Gasteiger partial charge on any atom is -0.480 e. The molecule has 0 saturated heterocycles. The molecule has 0 bridgehead atoms. The van der Waals surface area contributed by atoms with Crippen LogP contribution in [0.1, 0.15) is 11.1 Å². The molecule has 0 spiro atoms. The third-order valence-corrected chi connectivity index (χ3v) is 3.79. The Kier molecular flexibility index (Phi) is 4.48. The van der Waals surface area contributed by atoms with Crippen LogP contribution >= 0.6 is 11.6 Å². The SMILES string of the molecule is O=C(Cc1ccc(Cl)cc1)NNC(=O)C1Cc2ccccc2O1. The lowest BCUT2D eigenvalue weighted by Gasteiger charge is -2.12. The van der Waals surface area contributed by atoms with E-state index in [1.54, 1.807) is 24.3 Å². The van der Waals surface area contributed by atoms with E-state index in [9.17, 15) is 9.59 Å². The topological polar surface area (TPSA) is 67.4 Å². The van der Waals surface area contributed by atoms with E-state index in [4.69, 9.17) is 16.3 Å². The van der Waals surface area contributed by atoms with Crippen molar-refractivity contribution in [3.8, 4) is 5.75 Å². The van der Waals surface area contributed by atoms with Crippen LogP contribution in [0, 0.1) is 0 Å². The number of para-hydroxylation sites is 1. The van der Waals surface area contributed by atoms with Gasteiger partial charge in [0.25, 0.3) is 5.91 Å². The van der Waals surface area contributed by atoms with E-state index in [1.807, 2.05) is 24.3 Å². The largest absolute Gasteiger partial charge is 0.480 e. The monoisotopic (exact) mass is 330 g/mol. The van der Waals surface area contributed by atoms with Crippen molar-refractivity contribution in [1.82, 2.24) is 10.9 Å². The Morgan fingerprint density at radius 3 is 2.57 bits per heavy atom. The fourth-order valence-corrected chi connectivity index (χ4v) is 2.50. The third-order valence-electron chi connectivity index (χ3n) is 3.54. The first-order valence-electron chi connectivity index (χ1n) is 7.19. The summed E-state index contributed by atoms with van der Waals surface area (Å²) in [6.45, 7) is 0. The maximum Gasteiger partial charge on any atom is 0.279 e. The Labute approximate surface area is 138 Å². The molecule has 1 heterocycles. The van der Waals surface area contributed by atoms with E-state index >= 15 is 0 Å². The summed E-state index contributed by atoms with van der Waals surface area (Å²) in [5.41, 5.74) is 6.60. The van der Waals surface area contributed by atoms with Gasteiger partial charge >= 0.3 is 0 Å². The predicted octanol–water partition coefficient (Wildman–Crippen LogP) is 2.03. The summed E-state index contributed by atoms with van der Waals surface area (Å²) >= 11 is 5.79. The number of rotatable bonds is 3. The number of amides is 2. The van der Waals surface area contributed by atoms with Crippen LogP contribution in [-0.2, 0) is 22.4 Å². The number of carbonyl (C=O) groups is 2. The molecule has 0 aliphatic carbocycles. The van der Waals surface area contributed by atoms with Gasteiger partial charge in [-0.25, -0.2) is 0 Å². The minimum atomic E-state index is -0.622. The zero-order chi connectivity index (χ0) is 16.2. The van der Waals surface area contributed by atoms with Crippen molar-refractivity contribution in [3.63, 3.8) is 0 Å². The molecule has 5 nitrogen and oxygen atoms in total. The van der Waals surface area contributed by atoms with Crippen molar-refractivity contribution in [2.75, 3.05) is 0 Å². The van der Waals surface area contributed by atoms with E-state index in [1.165, 1.54) is 0 Å². The van der Waals surface area contributed by atoms with Crippen molar-refractivity contribution in [2.45, 2.75) is 18.9 Å². The highest BCUT2D eigenvalue weighted by Crippen LogP contribution is 2.27. The molecule has 0 saturated carbocycles. The fraction of sp³-hybridized carbons (Fsp3) is 0.176. The van der Waals surface area contributed by atoms with Gasteiger partial charge in [-0.15, -0.1) is 0 Å². The van der Waals surface area contributed by atoms with Gasteiger partial charge in [0.15, 0.2) is 6.10 Å². The Morgan fingerprint density at radius 2 is 1.83 bits per heavy atom. The number of nitrogens with one attached hydrogen (secondary N) is 2. The van der Waals surface area contributed by atoms with E-state index < -0.39 is 6.10 Å². The normalized spacial score (nSPS) is 15.4. The molecular weight excluding hydrogens is 316 g/mol. The summed E-state index contributed by atoms with van der Waals surface area (Å²) in [6.07, 6.45) is 0.0290. The van der Waals surface area contributed by atoms with Gasteiger partial charge in [0.1, 0.15) is 5.75 Å². The van der Waals surface area contributed by atoms with E-state index in [2.05, 4.69) is 10.9 Å². The lowest BCUT2D eigenvalue weighted by molar-refractivity contribution is -0.132. The quantitative estimate of drug-likeness (QED) is 0.846. The molecule has 1 aliphatic rings. The van der Waals surface area contributed by atoms with E-state index in [0.29, 0.717) is 17.2 Å². The number of hydrogen-bond acceptors (Lipinski definition) is 3. The second-order valence-corrected chi connectivity index (χ2v) is 5.70. The van der Waals surface area contributed by atoms with Gasteiger partial charge in [0.2, 0.25) is 5.91 Å². The van der Waals surface area contributed by atoms with Crippen LogP contribution < -0.4 is 15.6 Å². The number of benzene rings is 2. The van der Waals surface area contributed by atoms with Crippen molar-refractivity contribution in [1.29, 1.82) is 0 Å². The third kappa shape index (κ3) is 3.81. The lowest BCUT2D eigenvalue weighted by Crippen LogP contribution is -2.48. The van der Waals surface area contributed by atoms with Crippen LogP contribution in [0.2, 0.25) is 5.02 Å². The molecule has 3 rings (SSSR count). The Morgan fingerprint density at radius 1 is 1.09 bits per heavy atom. The van der Waals surface area contributed by atoms with E-state index in [0.717, 1.165) is 11.1 Å². The standard InChI is InChI=1S/C17H15ClN2O3/c18-13-7-5-11(6-8-13)9-16(21)19-20-17(22)15-10-12-3-1-2-4-14(12)23-15/h1-8,15H,9-10H2,(H,19,21)(H,20,22). The van der Waals surface area contributed by atoms with Gasteiger partial charge < -0.3 is 4.74 Å². The first-order valence-corrected chi connectivity index (χ1v) is 7.57. The maximum absolute atomic E-state index is 12.0. The molecule has 2 aromatic rings. The van der Waals surface area contributed by atoms with Crippen molar-refractivity contribution >= 4 is 23.4 Å². The lowest BCUT2D eigenvalue weighted by atomic mass is 10.1. The summed E-state index contributed by atoms with van der Waals surface area (Å²) in [5.74, 6) is 0.0296. The minimum absolute atomic E-state index is 0.156. The highest BCUT2D eigenvalue weighted by molar-refractivity contribution is 6.30. The molecule has 6 heteroatoms. The van der Waals surface area contributed by atoms with Gasteiger partial charge in [-0.05, 0) is 29.3 Å². The second-order valence-electron chi connectivity index (χ2n) is 5.26. The first kappa shape index (κ1) is 15.4. The molecule has 2 N–H and O–H groups in total. The summed E-state index contributed by atoms with van der Waals surface area (Å²) in [6, 6.07) is 14.5. The zero-order valence-electron chi connectivity index (χ0n) is 12.2. The smallest absolute Gasteiger partial charge is 0.279 e. The van der Waals surface area contributed by atoms with Crippen molar-refractivity contribution in [2.24, 2.45) is 0 Å². The molecule has 23 heavy (non-hydrogen) atoms. The number of fused-ring (bicyclic) bond motifs is 1. The molecule has 118 valence electrons. The van der Waals surface area contributed by atoms with Crippen LogP contribution in [0.25, 0.3) is 0 Å². The highest BCUT2D eigenvalue weighted by atomic mass is 35.5. The molecule has 1 unspecified atom stereocenters. The second kappa shape index (κ2) is 6.71. The molecular formula is C17H15ClN2O3. The Hall–Kier alpha value is -2.53. The van der Waals surface area contributed by atoms with Crippen LogP contribution in [0.5, 0.6) is 5.75 Å². The molecule has 0 radical (unpaired) electrons. The average molecular weight is 331 g/mol. The number of hydrogen-bond donors (Lipinski definition) is 2. The molecule has 0 aromatic heterocycles. The molecule has 1 atom stereocenters. The Balaban J connectivity index is 1.48. The molecule has 1 aliphatic heterocycles. The maximum atomic E-state index is 12.0. The zero-order valence-corrected chi connectivity index (χ0v) is 13.0. The van der Waals surface area contributed by atoms with Crippen LogP contribution in [0.4, 0.5) is 0 Å². The summed E-state index contributed by atoms with van der Waals surface area (Å²) in [5, 5.41) is 0.611. The number of halogens is 1. The fourth-order valence-electron chi connectivity index (χ4n) is 2.37. The highest BCUT2D eigenvalue weighted by Gasteiger charge is 2.28. The van der Waals surface area contributed by atoms with Gasteiger partial charge in [-0.3, -0.25) is 20.4 Å². The summed E-state index contributed by atoms with van der Waals surface area (Å²) in [7, 11) is 0. The van der Waals surface area contributed by atoms with Crippen LogP contribution in [0.3, 0.4) is 0 Å². The van der Waals surface area contributed by atoms with Crippen molar-refractivity contribution in [3.05, 3.63) is 64.7 Å². The number of ether oxygens (including phenoxy) is 1. The first-order chi connectivity index (χ1) is 11.1. The van der Waals surface area contributed by atoms with Crippen LogP contribution in [0.15, 0.2) is 48.5 Å². The van der Waals surface area contributed by atoms with E-state index in [-0.39, 0.29) is 18.2 Å².